The van der Waals surface area contributed by atoms with Crippen molar-refractivity contribution in [1.29, 1.82) is 0 Å². The molecule has 0 aliphatic heterocycles. The van der Waals surface area contributed by atoms with Gasteiger partial charge in [-0.1, -0.05) is 75.0 Å². The summed E-state index contributed by atoms with van der Waals surface area (Å²) < 4.78 is 0. The maximum absolute atomic E-state index is 3.88. The Kier molecular flexibility index (Phi) is 4.35. The van der Waals surface area contributed by atoms with Crippen LogP contribution in [0.15, 0.2) is 61.2 Å². The van der Waals surface area contributed by atoms with E-state index in [1.165, 1.54) is 27.8 Å². The second-order valence-electron chi connectivity index (χ2n) is 4.31. The molecule has 1 aliphatic carbocycles. The molecule has 0 fully saturated rings. The summed E-state index contributed by atoms with van der Waals surface area (Å²) in [6, 6.07) is 17.1. The van der Waals surface area contributed by atoms with Crippen LogP contribution in [0.25, 0.3) is 22.8 Å². The van der Waals surface area contributed by atoms with Crippen molar-refractivity contribution < 1.29 is 0 Å². The Labute approximate surface area is 116 Å². The van der Waals surface area contributed by atoms with Gasteiger partial charge in [0.05, 0.1) is 0 Å². The van der Waals surface area contributed by atoms with Crippen molar-refractivity contribution in [1.82, 2.24) is 0 Å². The first-order valence-corrected chi connectivity index (χ1v) is 6.90. The average Bonchev–Trinajstić information content (AvgIpc) is 3.34. The van der Waals surface area contributed by atoms with E-state index in [0.29, 0.717) is 0 Å². The molecule has 0 radical (unpaired) electrons. The Bertz CT molecular complexity index is 589. The average molecular weight is 248 g/mol. The number of hydrogen-bond donors (Lipinski definition) is 0. The maximum atomic E-state index is 3.88. The second kappa shape index (κ2) is 6.19. The zero-order valence-corrected chi connectivity index (χ0v) is 11.7. The highest BCUT2D eigenvalue weighted by molar-refractivity contribution is 5.85. The molecule has 0 heterocycles. The van der Waals surface area contributed by atoms with Crippen molar-refractivity contribution in [3.8, 4) is 11.1 Å². The van der Waals surface area contributed by atoms with Crippen LogP contribution in [0.5, 0.6) is 0 Å². The van der Waals surface area contributed by atoms with Gasteiger partial charge in [0, 0.05) is 0 Å². The molecule has 1 aliphatic rings. The molecule has 0 heteroatoms. The Balaban J connectivity index is 0.000000637. The summed E-state index contributed by atoms with van der Waals surface area (Å²) >= 11 is 0. The van der Waals surface area contributed by atoms with Crippen molar-refractivity contribution in [3.05, 3.63) is 72.3 Å². The predicted octanol–water partition coefficient (Wildman–Crippen LogP) is 5.81. The lowest BCUT2D eigenvalue weighted by Crippen LogP contribution is -1.85. The van der Waals surface area contributed by atoms with E-state index in [9.17, 15) is 0 Å². The van der Waals surface area contributed by atoms with Gasteiger partial charge in [-0.05, 0) is 40.3 Å². The van der Waals surface area contributed by atoms with Crippen molar-refractivity contribution >= 4 is 11.6 Å². The van der Waals surface area contributed by atoms with E-state index < -0.39 is 0 Å². The molecular weight excluding hydrogens is 228 g/mol. The lowest BCUT2D eigenvalue weighted by molar-refractivity contribution is 1.50. The monoisotopic (exact) mass is 248 g/mol. The SMILES string of the molecule is C=Cc1ccc(-c2ccccc2)cc1C1=CC1.CC. The van der Waals surface area contributed by atoms with Gasteiger partial charge in [-0.2, -0.15) is 0 Å². The summed E-state index contributed by atoms with van der Waals surface area (Å²) in [5.74, 6) is 0. The van der Waals surface area contributed by atoms with E-state index in [0.717, 1.165) is 6.42 Å². The summed E-state index contributed by atoms with van der Waals surface area (Å²) in [5, 5.41) is 0. The van der Waals surface area contributed by atoms with Crippen LogP contribution >= 0.6 is 0 Å². The minimum atomic E-state index is 1.12. The lowest BCUT2D eigenvalue weighted by Gasteiger charge is -2.07. The molecule has 0 nitrogen and oxygen atoms in total. The fourth-order valence-electron chi connectivity index (χ4n) is 2.09. The molecule has 2 aromatic rings. The van der Waals surface area contributed by atoms with Gasteiger partial charge in [0.15, 0.2) is 0 Å². The van der Waals surface area contributed by atoms with Crippen molar-refractivity contribution in [2.75, 3.05) is 0 Å². The van der Waals surface area contributed by atoms with E-state index in [1.807, 2.05) is 26.0 Å². The molecule has 0 aromatic heterocycles. The van der Waals surface area contributed by atoms with Gasteiger partial charge in [-0.25, -0.2) is 0 Å². The molecule has 0 saturated carbocycles. The molecule has 0 amide bonds. The van der Waals surface area contributed by atoms with Gasteiger partial charge in [0.1, 0.15) is 0 Å². The van der Waals surface area contributed by atoms with Gasteiger partial charge in [0.2, 0.25) is 0 Å². The highest BCUT2D eigenvalue weighted by Crippen LogP contribution is 2.36. The Morgan fingerprint density at radius 2 is 1.63 bits per heavy atom. The molecule has 0 saturated heterocycles. The van der Waals surface area contributed by atoms with Crippen LogP contribution in [0.1, 0.15) is 31.4 Å². The molecule has 0 atom stereocenters. The van der Waals surface area contributed by atoms with E-state index in [-0.39, 0.29) is 0 Å². The number of hydrogen-bond acceptors (Lipinski definition) is 0. The first-order chi connectivity index (χ1) is 9.38. The zero-order valence-electron chi connectivity index (χ0n) is 11.7. The van der Waals surface area contributed by atoms with Crippen LogP contribution in [-0.2, 0) is 0 Å². The lowest BCUT2D eigenvalue weighted by atomic mass is 9.98. The topological polar surface area (TPSA) is 0 Å². The summed E-state index contributed by atoms with van der Waals surface area (Å²) in [4.78, 5) is 0. The molecule has 0 N–H and O–H groups in total. The third kappa shape index (κ3) is 3.03. The number of rotatable bonds is 3. The number of allylic oxidation sites excluding steroid dienone is 2. The fraction of sp³-hybridized carbons (Fsp3) is 0.158. The molecule has 19 heavy (non-hydrogen) atoms. The third-order valence-corrected chi connectivity index (χ3v) is 3.13. The first kappa shape index (κ1) is 13.4. The van der Waals surface area contributed by atoms with Crippen molar-refractivity contribution in [2.24, 2.45) is 0 Å². The van der Waals surface area contributed by atoms with Crippen molar-refractivity contribution in [3.63, 3.8) is 0 Å². The van der Waals surface area contributed by atoms with Crippen molar-refractivity contribution in [2.45, 2.75) is 20.3 Å². The summed E-state index contributed by atoms with van der Waals surface area (Å²) in [6.45, 7) is 7.88. The number of benzene rings is 2. The van der Waals surface area contributed by atoms with Crippen LogP contribution in [0.2, 0.25) is 0 Å². The van der Waals surface area contributed by atoms with E-state index in [2.05, 4.69) is 55.1 Å². The smallest absolute Gasteiger partial charge is 0.00882 e. The minimum Gasteiger partial charge on any atom is -0.0984 e. The van der Waals surface area contributed by atoms with Gasteiger partial charge in [-0.3, -0.25) is 0 Å². The van der Waals surface area contributed by atoms with Gasteiger partial charge < -0.3 is 0 Å². The zero-order chi connectivity index (χ0) is 13.7. The Morgan fingerprint density at radius 3 is 2.21 bits per heavy atom. The molecule has 96 valence electrons. The molecule has 0 unspecified atom stereocenters. The maximum Gasteiger partial charge on any atom is -0.00882 e. The summed E-state index contributed by atoms with van der Waals surface area (Å²) in [6.07, 6.45) is 5.32. The van der Waals surface area contributed by atoms with E-state index in [4.69, 9.17) is 0 Å². The molecule has 3 rings (SSSR count). The highest BCUT2D eigenvalue weighted by atomic mass is 14.2. The summed E-state index contributed by atoms with van der Waals surface area (Å²) in [5.41, 5.74) is 6.55. The second-order valence-corrected chi connectivity index (χ2v) is 4.31. The molecule has 2 aromatic carbocycles. The van der Waals surface area contributed by atoms with Crippen LogP contribution in [0, 0.1) is 0 Å². The Hall–Kier alpha value is -2.08. The Morgan fingerprint density at radius 1 is 0.947 bits per heavy atom. The molecular formula is C19H20. The summed E-state index contributed by atoms with van der Waals surface area (Å²) in [7, 11) is 0. The highest BCUT2D eigenvalue weighted by Gasteiger charge is 2.13. The standard InChI is InChI=1S/C17H14.C2H6/c1-2-13-8-11-16(12-17(13)15-9-10-15)14-6-4-3-5-7-14;1-2/h2-9,11-12H,1,10H2;1-2H3. The van der Waals surface area contributed by atoms with Crippen LogP contribution in [0.4, 0.5) is 0 Å². The van der Waals surface area contributed by atoms with E-state index in [1.54, 1.807) is 0 Å². The quantitative estimate of drug-likeness (QED) is 0.643. The molecule has 0 spiro atoms. The molecule has 0 bridgehead atoms. The largest absolute Gasteiger partial charge is 0.0984 e. The minimum absolute atomic E-state index is 1.12. The normalized spacial score (nSPS) is 12.0. The fourth-order valence-corrected chi connectivity index (χ4v) is 2.09. The van der Waals surface area contributed by atoms with Crippen LogP contribution in [0.3, 0.4) is 0 Å². The van der Waals surface area contributed by atoms with Gasteiger partial charge in [0.25, 0.3) is 0 Å². The van der Waals surface area contributed by atoms with Crippen LogP contribution < -0.4 is 0 Å². The first-order valence-electron chi connectivity index (χ1n) is 6.90. The van der Waals surface area contributed by atoms with Gasteiger partial charge >= 0.3 is 0 Å². The van der Waals surface area contributed by atoms with Crippen LogP contribution in [-0.4, -0.2) is 0 Å². The third-order valence-electron chi connectivity index (χ3n) is 3.13. The predicted molar refractivity (Wildman–Crippen MR) is 85.9 cm³/mol. The van der Waals surface area contributed by atoms with Gasteiger partial charge in [-0.15, -0.1) is 0 Å². The van der Waals surface area contributed by atoms with E-state index >= 15 is 0 Å².